The molecule has 2 aromatic carbocycles. The van der Waals surface area contributed by atoms with Crippen LogP contribution >= 0.6 is 39.1 Å². The summed E-state index contributed by atoms with van der Waals surface area (Å²) in [6.07, 6.45) is 1.62. The molecule has 1 saturated heterocycles. The number of carbonyl (C=O) groups is 3. The van der Waals surface area contributed by atoms with Gasteiger partial charge in [-0.2, -0.15) is 0 Å². The molecule has 3 rings (SSSR count). The largest absolute Gasteiger partial charge is 0.341 e. The van der Waals surface area contributed by atoms with Crippen LogP contribution in [0, 0.1) is 0 Å². The topological polar surface area (TPSA) is 81.8 Å². The average Bonchev–Trinajstić information content (AvgIpc) is 2.94. The molecule has 33 heavy (non-hydrogen) atoms. The molecule has 0 saturated carbocycles. The third-order valence-electron chi connectivity index (χ3n) is 5.57. The lowest BCUT2D eigenvalue weighted by Crippen LogP contribution is -2.49. The van der Waals surface area contributed by atoms with Crippen LogP contribution in [0.5, 0.6) is 0 Å². The van der Waals surface area contributed by atoms with Gasteiger partial charge in [0.05, 0.1) is 5.69 Å². The van der Waals surface area contributed by atoms with E-state index in [1.165, 1.54) is 0 Å². The van der Waals surface area contributed by atoms with Gasteiger partial charge in [0.15, 0.2) is 0 Å². The Bertz CT molecular complexity index is 1030. The molecule has 0 bridgehead atoms. The average molecular weight is 556 g/mol. The van der Waals surface area contributed by atoms with E-state index in [2.05, 4.69) is 26.6 Å². The molecule has 0 spiro atoms. The van der Waals surface area contributed by atoms with Crippen LogP contribution in [0.1, 0.15) is 25.3 Å². The van der Waals surface area contributed by atoms with Gasteiger partial charge in [-0.05, 0) is 55.7 Å². The maximum absolute atomic E-state index is 13.7. The Hall–Kier alpha value is -2.29. The van der Waals surface area contributed by atoms with Gasteiger partial charge in [-0.25, -0.2) is 14.5 Å². The normalized spacial score (nSPS) is 18.1. The van der Waals surface area contributed by atoms with Gasteiger partial charge in [-0.15, -0.1) is 0 Å². The first-order valence-corrected chi connectivity index (χ1v) is 12.0. The molecule has 2 N–H and O–H groups in total. The minimum absolute atomic E-state index is 0.258. The monoisotopic (exact) mass is 554 g/mol. The number of hydrogen-bond donors (Lipinski definition) is 2. The lowest BCUT2D eigenvalue weighted by Gasteiger charge is -2.32. The van der Waals surface area contributed by atoms with Crippen LogP contribution in [-0.4, -0.2) is 48.5 Å². The number of benzene rings is 2. The highest BCUT2D eigenvalue weighted by molar-refractivity contribution is 9.10. The standard InChI is InChI=1S/C23H25BrCl2N4O3/c1-23(14-15-5-7-16(24)8-6-15)20(31)30(19-12-17(25)11-18(26)13-19)22(33)29(23)10-4-3-9-28-21(32)27-2/h5-8,11-13H,3-4,9-10,14H2,1-2H3,(H2,27,28,32)/t23-/m1/s1. The van der Waals surface area contributed by atoms with Crippen molar-refractivity contribution in [2.75, 3.05) is 25.0 Å². The number of urea groups is 2. The molecule has 1 atom stereocenters. The Morgan fingerprint density at radius 3 is 2.30 bits per heavy atom. The summed E-state index contributed by atoms with van der Waals surface area (Å²) in [5.41, 5.74) is 0.181. The van der Waals surface area contributed by atoms with E-state index in [1.807, 2.05) is 24.3 Å². The van der Waals surface area contributed by atoms with Crippen molar-refractivity contribution < 1.29 is 14.4 Å². The number of carbonyl (C=O) groups excluding carboxylic acids is 3. The van der Waals surface area contributed by atoms with E-state index in [-0.39, 0.29) is 11.9 Å². The second-order valence-electron chi connectivity index (χ2n) is 7.99. The Balaban J connectivity index is 1.86. The van der Waals surface area contributed by atoms with Gasteiger partial charge in [0.2, 0.25) is 0 Å². The summed E-state index contributed by atoms with van der Waals surface area (Å²) in [5, 5.41) is 5.90. The SMILES string of the molecule is CNC(=O)NCCCCN1C(=O)N(c2cc(Cl)cc(Cl)c2)C(=O)[C@@]1(C)Cc1ccc(Br)cc1. The zero-order valence-corrected chi connectivity index (χ0v) is 21.4. The molecular formula is C23H25BrCl2N4O3. The van der Waals surface area contributed by atoms with Crippen molar-refractivity contribution in [1.29, 1.82) is 0 Å². The number of halogens is 3. The molecule has 5 amide bonds. The maximum Gasteiger partial charge on any atom is 0.332 e. The smallest absolute Gasteiger partial charge is 0.332 e. The third kappa shape index (κ3) is 5.80. The summed E-state index contributed by atoms with van der Waals surface area (Å²) < 4.78 is 0.931. The zero-order valence-electron chi connectivity index (χ0n) is 18.3. The quantitative estimate of drug-likeness (QED) is 0.345. The summed E-state index contributed by atoms with van der Waals surface area (Å²) >= 11 is 15.7. The molecule has 1 fully saturated rings. The first-order valence-electron chi connectivity index (χ1n) is 10.5. The number of amides is 5. The van der Waals surface area contributed by atoms with Crippen LogP contribution < -0.4 is 15.5 Å². The van der Waals surface area contributed by atoms with Crippen molar-refractivity contribution in [3.63, 3.8) is 0 Å². The first-order chi connectivity index (χ1) is 15.7. The minimum Gasteiger partial charge on any atom is -0.341 e. The number of anilines is 1. The summed E-state index contributed by atoms with van der Waals surface area (Å²) in [5.74, 6) is -0.336. The van der Waals surface area contributed by atoms with Crippen LogP contribution in [0.2, 0.25) is 10.0 Å². The van der Waals surface area contributed by atoms with Gasteiger partial charge in [-0.3, -0.25) is 4.79 Å². The highest BCUT2D eigenvalue weighted by Crippen LogP contribution is 2.37. The fourth-order valence-electron chi connectivity index (χ4n) is 3.87. The van der Waals surface area contributed by atoms with E-state index in [1.54, 1.807) is 37.1 Å². The Morgan fingerprint density at radius 2 is 1.70 bits per heavy atom. The van der Waals surface area contributed by atoms with Crippen molar-refractivity contribution in [3.8, 4) is 0 Å². The van der Waals surface area contributed by atoms with E-state index in [0.717, 1.165) is 14.9 Å². The van der Waals surface area contributed by atoms with Gasteiger partial charge in [0.25, 0.3) is 5.91 Å². The molecule has 0 radical (unpaired) electrons. The van der Waals surface area contributed by atoms with E-state index in [0.29, 0.717) is 48.1 Å². The number of unbranched alkanes of at least 4 members (excludes halogenated alkanes) is 1. The number of nitrogens with zero attached hydrogens (tertiary/aromatic N) is 2. The number of nitrogens with one attached hydrogen (secondary N) is 2. The molecule has 0 aliphatic carbocycles. The van der Waals surface area contributed by atoms with E-state index in [4.69, 9.17) is 23.2 Å². The Kier molecular flexibility index (Phi) is 8.26. The predicted molar refractivity (Wildman–Crippen MR) is 134 cm³/mol. The number of hydrogen-bond acceptors (Lipinski definition) is 3. The van der Waals surface area contributed by atoms with E-state index >= 15 is 0 Å². The van der Waals surface area contributed by atoms with Gasteiger partial charge in [0.1, 0.15) is 5.54 Å². The third-order valence-corrected chi connectivity index (χ3v) is 6.54. The van der Waals surface area contributed by atoms with Crippen LogP contribution in [0.15, 0.2) is 46.9 Å². The fourth-order valence-corrected chi connectivity index (χ4v) is 4.65. The van der Waals surface area contributed by atoms with Gasteiger partial charge in [-0.1, -0.05) is 51.3 Å². The second kappa shape index (κ2) is 10.8. The molecule has 2 aromatic rings. The van der Waals surface area contributed by atoms with Crippen molar-refractivity contribution in [3.05, 3.63) is 62.5 Å². The van der Waals surface area contributed by atoms with Crippen LogP contribution in [0.3, 0.4) is 0 Å². The number of rotatable bonds is 8. The van der Waals surface area contributed by atoms with Gasteiger partial charge in [0, 0.05) is 41.1 Å². The maximum atomic E-state index is 13.7. The highest BCUT2D eigenvalue weighted by atomic mass is 79.9. The highest BCUT2D eigenvalue weighted by Gasteiger charge is 2.54. The number of imide groups is 1. The summed E-state index contributed by atoms with van der Waals surface area (Å²) in [7, 11) is 1.55. The van der Waals surface area contributed by atoms with Crippen LogP contribution in [0.25, 0.3) is 0 Å². The molecule has 10 heteroatoms. The lowest BCUT2D eigenvalue weighted by atomic mass is 9.91. The van der Waals surface area contributed by atoms with Crippen LogP contribution in [0.4, 0.5) is 15.3 Å². The molecule has 176 valence electrons. The molecular weight excluding hydrogens is 531 g/mol. The zero-order chi connectivity index (χ0) is 24.2. The Labute approximate surface area is 211 Å². The predicted octanol–water partition coefficient (Wildman–Crippen LogP) is 5.24. The molecule has 1 aliphatic rings. The molecule has 1 aliphatic heterocycles. The van der Waals surface area contributed by atoms with Crippen molar-refractivity contribution >= 4 is 62.8 Å². The van der Waals surface area contributed by atoms with E-state index < -0.39 is 11.6 Å². The molecule has 0 aromatic heterocycles. The van der Waals surface area contributed by atoms with Gasteiger partial charge < -0.3 is 15.5 Å². The minimum atomic E-state index is -1.09. The van der Waals surface area contributed by atoms with Crippen molar-refractivity contribution in [2.45, 2.75) is 31.7 Å². The van der Waals surface area contributed by atoms with Crippen molar-refractivity contribution in [2.24, 2.45) is 0 Å². The Morgan fingerprint density at radius 1 is 1.06 bits per heavy atom. The summed E-state index contributed by atoms with van der Waals surface area (Å²) in [4.78, 5) is 41.2. The van der Waals surface area contributed by atoms with Gasteiger partial charge >= 0.3 is 12.1 Å². The van der Waals surface area contributed by atoms with E-state index in [9.17, 15) is 14.4 Å². The molecule has 1 heterocycles. The molecule has 0 unspecified atom stereocenters. The second-order valence-corrected chi connectivity index (χ2v) is 9.78. The lowest BCUT2D eigenvalue weighted by molar-refractivity contribution is -0.124. The van der Waals surface area contributed by atoms with Crippen LogP contribution in [-0.2, 0) is 11.2 Å². The molecule has 7 nitrogen and oxygen atoms in total. The van der Waals surface area contributed by atoms with Crippen molar-refractivity contribution in [1.82, 2.24) is 15.5 Å². The summed E-state index contributed by atoms with van der Waals surface area (Å²) in [6.45, 7) is 2.61. The summed E-state index contributed by atoms with van der Waals surface area (Å²) in [6, 6.07) is 11.7. The fraction of sp³-hybridized carbons (Fsp3) is 0.348. The first kappa shape index (κ1) is 25.3.